The molecule has 1 saturated carbocycles. The summed E-state index contributed by atoms with van der Waals surface area (Å²) in [5.41, 5.74) is 1.22. The van der Waals surface area contributed by atoms with Gasteiger partial charge in [0.05, 0.1) is 33.0 Å². The van der Waals surface area contributed by atoms with Crippen molar-refractivity contribution in [2.24, 2.45) is 0 Å². The largest absolute Gasteiger partial charge is 0.493 e. The van der Waals surface area contributed by atoms with Crippen LogP contribution in [-0.4, -0.2) is 65.1 Å². The van der Waals surface area contributed by atoms with Gasteiger partial charge in [0.15, 0.2) is 11.5 Å². The summed E-state index contributed by atoms with van der Waals surface area (Å²) in [5.74, 6) is 1.55. The second-order valence-corrected chi connectivity index (χ2v) is 7.34. The fourth-order valence-electron chi connectivity index (χ4n) is 4.30. The van der Waals surface area contributed by atoms with Crippen LogP contribution in [0.1, 0.15) is 37.7 Å². The maximum Gasteiger partial charge on any atom is 0.257 e. The molecule has 3 rings (SSSR count). The van der Waals surface area contributed by atoms with Crippen LogP contribution < -0.4 is 9.47 Å². The highest BCUT2D eigenvalue weighted by atomic mass is 16.5. The summed E-state index contributed by atoms with van der Waals surface area (Å²) >= 11 is 0. The Bertz CT molecular complexity index is 571. The quantitative estimate of drug-likeness (QED) is 0.664. The van der Waals surface area contributed by atoms with Gasteiger partial charge in [0, 0.05) is 19.1 Å². The lowest BCUT2D eigenvalue weighted by Crippen LogP contribution is -2.46. The second kappa shape index (κ2) is 9.63. The highest BCUT2D eigenvalue weighted by molar-refractivity contribution is 5.98. The molecule has 0 bridgehead atoms. The van der Waals surface area contributed by atoms with Gasteiger partial charge in [-0.25, -0.2) is 0 Å². The fourth-order valence-corrected chi connectivity index (χ4v) is 4.30. The number of ether oxygens (including phenoxy) is 3. The first-order valence-electron chi connectivity index (χ1n) is 9.84. The van der Waals surface area contributed by atoms with Crippen LogP contribution in [0, 0.1) is 0 Å². The molecule has 2 fully saturated rings. The minimum atomic E-state index is 0.347. The molecule has 0 aromatic heterocycles. The van der Waals surface area contributed by atoms with Crippen molar-refractivity contribution < 1.29 is 18.9 Å². The fraction of sp³-hybridized carbons (Fsp3) is 0.700. The third kappa shape index (κ3) is 4.73. The third-order valence-electron chi connectivity index (χ3n) is 5.82. The molecule has 0 amide bonds. The van der Waals surface area contributed by atoms with Crippen LogP contribution in [0.15, 0.2) is 18.2 Å². The Labute approximate surface area is 158 Å². The van der Waals surface area contributed by atoms with Crippen molar-refractivity contribution in [3.63, 3.8) is 0 Å². The predicted octanol–water partition coefficient (Wildman–Crippen LogP) is 2.21. The Morgan fingerprint density at radius 3 is 2.62 bits per heavy atom. The molecule has 0 spiro atoms. The van der Waals surface area contributed by atoms with Crippen LogP contribution in [0.5, 0.6) is 11.5 Å². The molecule has 2 aliphatic rings. The molecule has 1 aliphatic heterocycles. The summed E-state index contributed by atoms with van der Waals surface area (Å²) in [6.45, 7) is 2.94. The van der Waals surface area contributed by atoms with E-state index in [2.05, 4.69) is 11.0 Å². The Morgan fingerprint density at radius 1 is 1.08 bits per heavy atom. The van der Waals surface area contributed by atoms with Crippen LogP contribution >= 0.6 is 0 Å². The van der Waals surface area contributed by atoms with Crippen molar-refractivity contribution in [2.75, 3.05) is 33.9 Å². The van der Waals surface area contributed by atoms with Gasteiger partial charge in [-0.05, 0) is 43.4 Å². The minimum Gasteiger partial charge on any atom is -0.493 e. The number of likely N-dealkylation sites (tertiary alicyclic amines) is 1. The van der Waals surface area contributed by atoms with Crippen LogP contribution in [0.2, 0.25) is 0 Å². The summed E-state index contributed by atoms with van der Waals surface area (Å²) < 4.78 is 22.6. The van der Waals surface area contributed by atoms with Gasteiger partial charge < -0.3 is 18.9 Å². The Morgan fingerprint density at radius 2 is 1.88 bits per heavy atom. The average molecular weight is 361 g/mol. The lowest BCUT2D eigenvalue weighted by molar-refractivity contribution is -0.0310. The lowest BCUT2D eigenvalue weighted by atomic mass is 9.91. The second-order valence-electron chi connectivity index (χ2n) is 7.34. The molecule has 1 aliphatic carbocycles. The highest BCUT2D eigenvalue weighted by Crippen LogP contribution is 2.30. The molecule has 1 saturated heterocycles. The Hall–Kier alpha value is -1.24. The molecule has 1 aromatic rings. The van der Waals surface area contributed by atoms with E-state index in [0.29, 0.717) is 18.2 Å². The Kier molecular flexibility index (Phi) is 7.23. The number of rotatable bonds is 8. The standard InChI is InChI=1S/C20H32BNO4/c1-23-19-8-7-15(13-20(19)24-2)10-12-25-18-6-4-3-5-17(18)22-11-9-16(14-22)26-21/h7-8,13,16-18H,3-6,9-12,14,21H2,1-2H3/t16-,17-,18-/m1/s1. The molecular weight excluding hydrogens is 329 g/mol. The van der Waals surface area contributed by atoms with Crippen molar-refractivity contribution in [1.29, 1.82) is 0 Å². The van der Waals surface area contributed by atoms with Gasteiger partial charge in [0.2, 0.25) is 0 Å². The zero-order chi connectivity index (χ0) is 18.4. The molecule has 1 heterocycles. The molecule has 3 atom stereocenters. The van der Waals surface area contributed by atoms with Gasteiger partial charge >= 0.3 is 0 Å². The zero-order valence-electron chi connectivity index (χ0n) is 16.4. The number of methoxy groups -OCH3 is 2. The van der Waals surface area contributed by atoms with E-state index in [0.717, 1.165) is 44.0 Å². The summed E-state index contributed by atoms with van der Waals surface area (Å²) in [6.07, 6.45) is 7.79. The maximum absolute atomic E-state index is 6.36. The van der Waals surface area contributed by atoms with E-state index in [4.69, 9.17) is 18.9 Å². The van der Waals surface area contributed by atoms with E-state index in [-0.39, 0.29) is 0 Å². The molecule has 5 nitrogen and oxygen atoms in total. The molecule has 0 unspecified atom stereocenters. The molecule has 26 heavy (non-hydrogen) atoms. The van der Waals surface area contributed by atoms with Crippen LogP contribution in [0.25, 0.3) is 0 Å². The average Bonchev–Trinajstić information content (AvgIpc) is 3.17. The monoisotopic (exact) mass is 361 g/mol. The normalized spacial score (nSPS) is 26.8. The molecule has 144 valence electrons. The molecule has 6 heteroatoms. The number of benzene rings is 1. The van der Waals surface area contributed by atoms with E-state index in [1.54, 1.807) is 14.2 Å². The summed E-state index contributed by atoms with van der Waals surface area (Å²) in [4.78, 5) is 2.59. The van der Waals surface area contributed by atoms with Gasteiger partial charge in [-0.3, -0.25) is 4.90 Å². The van der Waals surface area contributed by atoms with Gasteiger partial charge in [-0.1, -0.05) is 18.9 Å². The molecular formula is C20H32BNO4. The first kappa shape index (κ1) is 19.5. The molecule has 0 radical (unpaired) electrons. The van der Waals surface area contributed by atoms with Gasteiger partial charge in [0.1, 0.15) is 0 Å². The van der Waals surface area contributed by atoms with E-state index in [9.17, 15) is 0 Å². The van der Waals surface area contributed by atoms with Crippen molar-refractivity contribution in [1.82, 2.24) is 4.90 Å². The van der Waals surface area contributed by atoms with Crippen LogP contribution in [0.4, 0.5) is 0 Å². The maximum atomic E-state index is 6.36. The van der Waals surface area contributed by atoms with E-state index >= 15 is 0 Å². The van der Waals surface area contributed by atoms with Gasteiger partial charge in [0.25, 0.3) is 8.05 Å². The van der Waals surface area contributed by atoms with E-state index in [1.165, 1.54) is 31.2 Å². The molecule has 0 N–H and O–H groups in total. The summed E-state index contributed by atoms with van der Waals surface area (Å²) in [5, 5.41) is 0. The van der Waals surface area contributed by atoms with E-state index in [1.807, 2.05) is 20.2 Å². The zero-order valence-corrected chi connectivity index (χ0v) is 16.4. The van der Waals surface area contributed by atoms with Crippen LogP contribution in [0.3, 0.4) is 0 Å². The van der Waals surface area contributed by atoms with E-state index < -0.39 is 0 Å². The Balaban J connectivity index is 1.52. The topological polar surface area (TPSA) is 40.2 Å². The number of nitrogens with zero attached hydrogens (tertiary/aromatic N) is 1. The van der Waals surface area contributed by atoms with Gasteiger partial charge in [-0.15, -0.1) is 0 Å². The lowest BCUT2D eigenvalue weighted by Gasteiger charge is -2.37. The molecule has 1 aromatic carbocycles. The van der Waals surface area contributed by atoms with Crippen molar-refractivity contribution in [2.45, 2.75) is 56.8 Å². The highest BCUT2D eigenvalue weighted by Gasteiger charge is 2.34. The first-order chi connectivity index (χ1) is 12.7. The first-order valence-corrected chi connectivity index (χ1v) is 9.84. The summed E-state index contributed by atoms with van der Waals surface area (Å²) in [6, 6.07) is 6.65. The predicted molar refractivity (Wildman–Crippen MR) is 105 cm³/mol. The number of hydrogen-bond acceptors (Lipinski definition) is 5. The third-order valence-corrected chi connectivity index (χ3v) is 5.82. The van der Waals surface area contributed by atoms with Crippen LogP contribution in [-0.2, 0) is 15.8 Å². The SMILES string of the molecule is BO[C@@H]1CCN([C@@H]2CCCC[C@H]2OCCc2ccc(OC)c(OC)c2)C1. The van der Waals surface area contributed by atoms with Gasteiger partial charge in [-0.2, -0.15) is 0 Å². The summed E-state index contributed by atoms with van der Waals surface area (Å²) in [7, 11) is 5.16. The number of hydrogen-bond donors (Lipinski definition) is 0. The minimum absolute atomic E-state index is 0.347. The van der Waals surface area contributed by atoms with Crippen molar-refractivity contribution >= 4 is 8.05 Å². The smallest absolute Gasteiger partial charge is 0.257 e. The van der Waals surface area contributed by atoms with Crippen molar-refractivity contribution in [3.8, 4) is 11.5 Å². The van der Waals surface area contributed by atoms with Crippen molar-refractivity contribution in [3.05, 3.63) is 23.8 Å².